The van der Waals surface area contributed by atoms with Gasteiger partial charge in [0, 0.05) is 24.9 Å². The quantitative estimate of drug-likeness (QED) is 0.355. The molecule has 4 heteroatoms. The van der Waals surface area contributed by atoms with E-state index in [0.29, 0.717) is 18.8 Å². The van der Waals surface area contributed by atoms with Gasteiger partial charge in [-0.2, -0.15) is 0 Å². The number of amides is 1. The molecule has 4 nitrogen and oxygen atoms in total. The van der Waals surface area contributed by atoms with Gasteiger partial charge >= 0.3 is 5.97 Å². The van der Waals surface area contributed by atoms with Crippen LogP contribution in [0.3, 0.4) is 0 Å². The van der Waals surface area contributed by atoms with Gasteiger partial charge in [0.15, 0.2) is 5.41 Å². The highest BCUT2D eigenvalue weighted by atomic mass is 16.5. The molecular formula is C16H15NO3. The molecule has 1 aliphatic carbocycles. The number of carbonyl (C=O) groups excluding carboxylic acids is 2. The van der Waals surface area contributed by atoms with Gasteiger partial charge in [-0.15, -0.1) is 6.58 Å². The van der Waals surface area contributed by atoms with E-state index in [-0.39, 0.29) is 23.7 Å². The van der Waals surface area contributed by atoms with E-state index in [1.165, 1.54) is 0 Å². The van der Waals surface area contributed by atoms with Crippen molar-refractivity contribution >= 4 is 11.9 Å². The maximum atomic E-state index is 12.7. The third-order valence-electron chi connectivity index (χ3n) is 4.98. The summed E-state index contributed by atoms with van der Waals surface area (Å²) in [6.45, 7) is 4.81. The van der Waals surface area contributed by atoms with Crippen LogP contribution in [0.25, 0.3) is 0 Å². The van der Waals surface area contributed by atoms with Gasteiger partial charge in [0.2, 0.25) is 5.91 Å². The van der Waals surface area contributed by atoms with Crippen molar-refractivity contribution < 1.29 is 14.3 Å². The Balaban J connectivity index is 1.81. The minimum atomic E-state index is -0.961. The number of esters is 1. The van der Waals surface area contributed by atoms with Gasteiger partial charge in [-0.1, -0.05) is 24.3 Å². The van der Waals surface area contributed by atoms with Gasteiger partial charge in [0.25, 0.3) is 0 Å². The predicted octanol–water partition coefficient (Wildman–Crippen LogP) is 1.72. The molecular weight excluding hydrogens is 254 g/mol. The fraction of sp³-hybridized carbons (Fsp3) is 0.375. The average Bonchev–Trinajstić information content (AvgIpc) is 2.61. The Morgan fingerprint density at radius 2 is 2.20 bits per heavy atom. The van der Waals surface area contributed by atoms with Crippen LogP contribution in [0.1, 0.15) is 17.9 Å². The highest BCUT2D eigenvalue weighted by molar-refractivity contribution is 6.09. The minimum Gasteiger partial charge on any atom is -0.425 e. The lowest BCUT2D eigenvalue weighted by Gasteiger charge is -2.50. The molecule has 102 valence electrons. The van der Waals surface area contributed by atoms with Gasteiger partial charge in [-0.3, -0.25) is 9.59 Å². The number of benzene rings is 1. The molecule has 0 N–H and O–H groups in total. The van der Waals surface area contributed by atoms with Crippen molar-refractivity contribution in [2.75, 3.05) is 13.1 Å². The molecule has 2 aliphatic heterocycles. The normalized spacial score (nSPS) is 33.7. The van der Waals surface area contributed by atoms with Crippen LogP contribution < -0.4 is 4.74 Å². The first-order valence-corrected chi connectivity index (χ1v) is 6.91. The van der Waals surface area contributed by atoms with Crippen LogP contribution >= 0.6 is 0 Å². The number of hydrogen-bond acceptors (Lipinski definition) is 3. The Kier molecular flexibility index (Phi) is 2.18. The Labute approximate surface area is 117 Å². The summed E-state index contributed by atoms with van der Waals surface area (Å²) in [6, 6.07) is 7.54. The topological polar surface area (TPSA) is 46.6 Å². The highest BCUT2D eigenvalue weighted by Gasteiger charge is 2.73. The van der Waals surface area contributed by atoms with Crippen LogP contribution in [-0.4, -0.2) is 29.9 Å². The van der Waals surface area contributed by atoms with E-state index in [4.69, 9.17) is 4.74 Å². The van der Waals surface area contributed by atoms with E-state index in [0.717, 1.165) is 12.0 Å². The molecule has 4 rings (SSSR count). The van der Waals surface area contributed by atoms with E-state index >= 15 is 0 Å². The second kappa shape index (κ2) is 3.72. The summed E-state index contributed by atoms with van der Waals surface area (Å²) >= 11 is 0. The summed E-state index contributed by atoms with van der Waals surface area (Å²) in [6.07, 6.45) is 2.59. The Bertz CT molecular complexity index is 638. The van der Waals surface area contributed by atoms with Crippen molar-refractivity contribution in [3.8, 4) is 5.75 Å². The van der Waals surface area contributed by atoms with E-state index in [9.17, 15) is 9.59 Å². The maximum Gasteiger partial charge on any atom is 0.328 e. The van der Waals surface area contributed by atoms with Gasteiger partial charge < -0.3 is 9.64 Å². The second-order valence-electron chi connectivity index (χ2n) is 5.78. The molecule has 1 amide bonds. The molecule has 1 saturated heterocycles. The van der Waals surface area contributed by atoms with Crippen LogP contribution in [0.4, 0.5) is 0 Å². The Morgan fingerprint density at radius 1 is 1.40 bits per heavy atom. The fourth-order valence-corrected chi connectivity index (χ4v) is 4.06. The first-order valence-electron chi connectivity index (χ1n) is 6.91. The molecule has 20 heavy (non-hydrogen) atoms. The number of hydrogen-bond donors (Lipinski definition) is 0. The van der Waals surface area contributed by atoms with E-state index in [1.54, 1.807) is 17.0 Å². The predicted molar refractivity (Wildman–Crippen MR) is 72.1 cm³/mol. The first-order chi connectivity index (χ1) is 9.69. The summed E-state index contributed by atoms with van der Waals surface area (Å²) in [5, 5.41) is 0. The number of fused-ring (bicyclic) bond motifs is 2. The molecule has 1 spiro atoms. The molecule has 2 fully saturated rings. The summed E-state index contributed by atoms with van der Waals surface area (Å²) in [5.74, 6) is 0.224. The fourth-order valence-electron chi connectivity index (χ4n) is 4.06. The zero-order chi connectivity index (χ0) is 13.9. The summed E-state index contributed by atoms with van der Waals surface area (Å²) in [5.41, 5.74) is 0.0364. The monoisotopic (exact) mass is 269 g/mol. The lowest BCUT2D eigenvalue weighted by Crippen LogP contribution is -2.59. The van der Waals surface area contributed by atoms with Crippen LogP contribution in [0, 0.1) is 11.3 Å². The molecule has 3 aliphatic rings. The standard InChI is InChI=1S/C16H15NO3/c1-2-7-17-9-10-8-12-11-5-3-4-6-13(11)20-15(19)16(10,12)14(17)18/h2-6,10,12H,1,7-9H2. The van der Waals surface area contributed by atoms with Crippen molar-refractivity contribution in [1.29, 1.82) is 0 Å². The lowest BCUT2D eigenvalue weighted by atomic mass is 9.51. The molecule has 1 aromatic carbocycles. The SMILES string of the molecule is C=CCN1CC2CC3c4ccccc4OC(=O)C23C1=O. The molecule has 3 unspecified atom stereocenters. The van der Waals surface area contributed by atoms with Crippen molar-refractivity contribution in [2.45, 2.75) is 12.3 Å². The second-order valence-corrected chi connectivity index (χ2v) is 5.78. The number of para-hydroxylation sites is 1. The molecule has 1 saturated carbocycles. The van der Waals surface area contributed by atoms with Crippen LogP contribution in [-0.2, 0) is 9.59 Å². The highest BCUT2D eigenvalue weighted by Crippen LogP contribution is 2.65. The number of carbonyl (C=O) groups is 2. The number of likely N-dealkylation sites (tertiary alicyclic amines) is 1. The molecule has 2 heterocycles. The molecule has 0 radical (unpaired) electrons. The number of rotatable bonds is 2. The largest absolute Gasteiger partial charge is 0.425 e. The smallest absolute Gasteiger partial charge is 0.328 e. The first kappa shape index (κ1) is 11.7. The molecule has 1 aromatic rings. The lowest BCUT2D eigenvalue weighted by molar-refractivity contribution is -0.168. The zero-order valence-electron chi connectivity index (χ0n) is 11.0. The number of nitrogens with zero attached hydrogens (tertiary/aromatic N) is 1. The van der Waals surface area contributed by atoms with E-state index < -0.39 is 5.41 Å². The maximum absolute atomic E-state index is 12.7. The van der Waals surface area contributed by atoms with Crippen molar-refractivity contribution in [3.05, 3.63) is 42.5 Å². The summed E-state index contributed by atoms with van der Waals surface area (Å²) < 4.78 is 5.46. The van der Waals surface area contributed by atoms with Gasteiger partial charge in [-0.05, 0) is 18.1 Å². The third-order valence-corrected chi connectivity index (χ3v) is 4.98. The summed E-state index contributed by atoms with van der Waals surface area (Å²) in [7, 11) is 0. The average molecular weight is 269 g/mol. The minimum absolute atomic E-state index is 0.0211. The van der Waals surface area contributed by atoms with Crippen molar-refractivity contribution in [2.24, 2.45) is 11.3 Å². The molecule has 0 aromatic heterocycles. The van der Waals surface area contributed by atoms with Gasteiger partial charge in [0.1, 0.15) is 5.75 Å². The van der Waals surface area contributed by atoms with Crippen LogP contribution in [0.15, 0.2) is 36.9 Å². The van der Waals surface area contributed by atoms with Crippen molar-refractivity contribution in [1.82, 2.24) is 4.90 Å². The van der Waals surface area contributed by atoms with Gasteiger partial charge in [-0.25, -0.2) is 0 Å². The van der Waals surface area contributed by atoms with E-state index in [2.05, 4.69) is 6.58 Å². The van der Waals surface area contributed by atoms with Crippen molar-refractivity contribution in [3.63, 3.8) is 0 Å². The van der Waals surface area contributed by atoms with Crippen LogP contribution in [0.5, 0.6) is 5.75 Å². The summed E-state index contributed by atoms with van der Waals surface area (Å²) in [4.78, 5) is 26.9. The van der Waals surface area contributed by atoms with Gasteiger partial charge in [0.05, 0.1) is 0 Å². The van der Waals surface area contributed by atoms with Crippen LogP contribution in [0.2, 0.25) is 0 Å². The van der Waals surface area contributed by atoms with E-state index in [1.807, 2.05) is 18.2 Å². The number of ether oxygens (including phenoxy) is 1. The molecule has 0 bridgehead atoms. The third kappa shape index (κ3) is 1.13. The Morgan fingerprint density at radius 3 is 3.00 bits per heavy atom. The Hall–Kier alpha value is -2.10. The zero-order valence-corrected chi connectivity index (χ0v) is 11.0. The molecule has 3 atom stereocenters.